The average Bonchev–Trinajstić information content (AvgIpc) is 3.29. The lowest BCUT2D eigenvalue weighted by Crippen LogP contribution is -2.01. The third-order valence-corrected chi connectivity index (χ3v) is 6.49. The molecule has 0 radical (unpaired) electrons. The van der Waals surface area contributed by atoms with Gasteiger partial charge in [-0.05, 0) is 58.9 Å². The van der Waals surface area contributed by atoms with Crippen LogP contribution in [0.25, 0.3) is 44.2 Å². The topological polar surface area (TPSA) is 39.2 Å². The van der Waals surface area contributed by atoms with Crippen LogP contribution in [0, 0.1) is 19.3 Å². The fourth-order valence-corrected chi connectivity index (χ4v) is 4.65. The van der Waals surface area contributed by atoms with E-state index in [0.29, 0.717) is 13.0 Å². The van der Waals surface area contributed by atoms with E-state index in [1.165, 1.54) is 22.3 Å². The van der Waals surface area contributed by atoms with Crippen molar-refractivity contribution >= 4 is 21.9 Å². The van der Waals surface area contributed by atoms with Gasteiger partial charge in [0, 0.05) is 29.3 Å². The first-order valence-corrected chi connectivity index (χ1v) is 12.3. The number of rotatable bonds is 7. The summed E-state index contributed by atoms with van der Waals surface area (Å²) in [6.07, 6.45) is 13.0. The van der Waals surface area contributed by atoms with Crippen LogP contribution in [-0.4, -0.2) is 6.54 Å². The molecular weight excluding hydrogens is 438 g/mol. The van der Waals surface area contributed by atoms with Gasteiger partial charge in [-0.15, -0.1) is 12.3 Å². The highest BCUT2D eigenvalue weighted by molar-refractivity contribution is 6.09. The lowest BCUT2D eigenvalue weighted by Gasteiger charge is -2.10. The van der Waals surface area contributed by atoms with Crippen molar-refractivity contribution in [2.45, 2.75) is 19.8 Å². The summed E-state index contributed by atoms with van der Waals surface area (Å²) in [5.74, 6) is 2.64. The van der Waals surface area contributed by atoms with Gasteiger partial charge in [0.15, 0.2) is 0 Å². The van der Waals surface area contributed by atoms with Crippen LogP contribution < -0.4 is 5.73 Å². The third-order valence-electron chi connectivity index (χ3n) is 6.49. The van der Waals surface area contributed by atoms with Crippen molar-refractivity contribution in [1.82, 2.24) is 0 Å². The smallest absolute Gasteiger partial charge is 0.143 e. The zero-order valence-electron chi connectivity index (χ0n) is 20.5. The number of nitrogens with two attached hydrogens (primary N) is 1. The summed E-state index contributed by atoms with van der Waals surface area (Å²) in [5, 5.41) is 2.30. The van der Waals surface area contributed by atoms with Crippen molar-refractivity contribution in [2.75, 3.05) is 6.54 Å². The van der Waals surface area contributed by atoms with E-state index in [9.17, 15) is 0 Å². The van der Waals surface area contributed by atoms with Crippen LogP contribution in [0.4, 0.5) is 0 Å². The predicted octanol–water partition coefficient (Wildman–Crippen LogP) is 8.24. The fraction of sp³-hybridized carbons (Fsp3) is 0.118. The number of furan rings is 1. The molecule has 5 aromatic rings. The fourth-order valence-electron chi connectivity index (χ4n) is 4.65. The molecule has 2 nitrogen and oxygen atoms in total. The van der Waals surface area contributed by atoms with Gasteiger partial charge in [0.25, 0.3) is 0 Å². The van der Waals surface area contributed by atoms with E-state index in [4.69, 9.17) is 16.6 Å². The Hall–Kier alpha value is -4.32. The minimum Gasteiger partial charge on any atom is -0.455 e. The first kappa shape index (κ1) is 23.4. The molecular formula is C34H29NO. The summed E-state index contributed by atoms with van der Waals surface area (Å²) < 4.78 is 6.29. The highest BCUT2D eigenvalue weighted by Crippen LogP contribution is 2.37. The molecule has 0 saturated carbocycles. The summed E-state index contributed by atoms with van der Waals surface area (Å²) in [4.78, 5) is 0. The quantitative estimate of drug-likeness (QED) is 0.193. The summed E-state index contributed by atoms with van der Waals surface area (Å²) in [5.41, 5.74) is 15.8. The standard InChI is InChI=1S/C34H29NO/c1-3-9-26(23-35)11-5-4-10-25-16-18-27(19-17-25)28-20-24(2)21-29(22-28)30-13-8-14-32-31-12-6-7-15-33(31)36-34(30)32/h1,4-8,11-22H,9-10,23,35H2,2H3/b5-4-,26-11+. The average molecular weight is 468 g/mol. The summed E-state index contributed by atoms with van der Waals surface area (Å²) in [6.45, 7) is 2.64. The van der Waals surface area contributed by atoms with Gasteiger partial charge in [-0.1, -0.05) is 91.0 Å². The number of benzene rings is 4. The van der Waals surface area contributed by atoms with Gasteiger partial charge < -0.3 is 10.2 Å². The zero-order chi connectivity index (χ0) is 24.9. The molecule has 0 aliphatic rings. The SMILES string of the molecule is C#CC/C(=C\C=C/Cc1ccc(-c2cc(C)cc(-c3cccc4c3oc3ccccc34)c2)cc1)CN. The van der Waals surface area contributed by atoms with Crippen LogP contribution in [0.3, 0.4) is 0 Å². The zero-order valence-corrected chi connectivity index (χ0v) is 20.5. The molecule has 0 aliphatic carbocycles. The monoisotopic (exact) mass is 467 g/mol. The van der Waals surface area contributed by atoms with E-state index in [2.05, 4.69) is 91.7 Å². The number of fused-ring (bicyclic) bond motifs is 3. The van der Waals surface area contributed by atoms with Gasteiger partial charge in [-0.25, -0.2) is 0 Å². The molecule has 0 atom stereocenters. The van der Waals surface area contributed by atoms with E-state index in [-0.39, 0.29) is 0 Å². The second-order valence-corrected chi connectivity index (χ2v) is 9.11. The minimum atomic E-state index is 0.493. The maximum absolute atomic E-state index is 6.29. The normalized spacial score (nSPS) is 12.0. The van der Waals surface area contributed by atoms with Crippen LogP contribution >= 0.6 is 0 Å². The Labute approximate surface area is 212 Å². The Morgan fingerprint density at radius 2 is 1.67 bits per heavy atom. The second kappa shape index (κ2) is 10.5. The Morgan fingerprint density at radius 1 is 0.889 bits per heavy atom. The van der Waals surface area contributed by atoms with Crippen LogP contribution in [-0.2, 0) is 6.42 Å². The van der Waals surface area contributed by atoms with Gasteiger partial charge >= 0.3 is 0 Å². The van der Waals surface area contributed by atoms with Gasteiger partial charge in [0.2, 0.25) is 0 Å². The highest BCUT2D eigenvalue weighted by Gasteiger charge is 2.13. The first-order valence-electron chi connectivity index (χ1n) is 12.3. The van der Waals surface area contributed by atoms with Gasteiger partial charge in [-0.2, -0.15) is 0 Å². The molecule has 0 aliphatic heterocycles. The van der Waals surface area contributed by atoms with Crippen LogP contribution in [0.2, 0.25) is 0 Å². The number of hydrogen-bond acceptors (Lipinski definition) is 2. The number of allylic oxidation sites excluding steroid dienone is 3. The van der Waals surface area contributed by atoms with Gasteiger partial charge in [0.1, 0.15) is 11.2 Å². The summed E-state index contributed by atoms with van der Waals surface area (Å²) in [7, 11) is 0. The molecule has 0 saturated heterocycles. The summed E-state index contributed by atoms with van der Waals surface area (Å²) >= 11 is 0. The molecule has 5 rings (SSSR count). The molecule has 1 heterocycles. The number of para-hydroxylation sites is 2. The lowest BCUT2D eigenvalue weighted by molar-refractivity contribution is 0.670. The first-order chi connectivity index (χ1) is 17.7. The molecule has 0 bridgehead atoms. The number of aryl methyl sites for hydroxylation is 1. The molecule has 0 spiro atoms. The van der Waals surface area contributed by atoms with E-state index >= 15 is 0 Å². The summed E-state index contributed by atoms with van der Waals surface area (Å²) in [6, 6.07) is 30.1. The van der Waals surface area contributed by atoms with E-state index in [1.54, 1.807) is 0 Å². The van der Waals surface area contributed by atoms with E-state index in [1.807, 2.05) is 24.3 Å². The number of hydrogen-bond donors (Lipinski definition) is 1. The molecule has 176 valence electrons. The van der Waals surface area contributed by atoms with Crippen molar-refractivity contribution in [3.63, 3.8) is 0 Å². The molecule has 36 heavy (non-hydrogen) atoms. The predicted molar refractivity (Wildman–Crippen MR) is 153 cm³/mol. The van der Waals surface area contributed by atoms with Crippen LogP contribution in [0.5, 0.6) is 0 Å². The highest BCUT2D eigenvalue weighted by atomic mass is 16.3. The van der Waals surface area contributed by atoms with Gasteiger partial charge in [-0.3, -0.25) is 0 Å². The molecule has 4 aromatic carbocycles. The Morgan fingerprint density at radius 3 is 2.47 bits per heavy atom. The molecule has 0 amide bonds. The number of terminal acetylenes is 1. The maximum atomic E-state index is 6.29. The molecule has 0 unspecified atom stereocenters. The van der Waals surface area contributed by atoms with Gasteiger partial charge in [0.05, 0.1) is 0 Å². The second-order valence-electron chi connectivity index (χ2n) is 9.11. The van der Waals surface area contributed by atoms with E-state index in [0.717, 1.165) is 45.1 Å². The largest absolute Gasteiger partial charge is 0.455 e. The van der Waals surface area contributed by atoms with Crippen LogP contribution in [0.1, 0.15) is 17.5 Å². The molecule has 1 aromatic heterocycles. The van der Waals surface area contributed by atoms with Crippen molar-refractivity contribution in [3.05, 3.63) is 120 Å². The maximum Gasteiger partial charge on any atom is 0.143 e. The molecule has 2 heteroatoms. The van der Waals surface area contributed by atoms with Crippen molar-refractivity contribution in [1.29, 1.82) is 0 Å². The lowest BCUT2D eigenvalue weighted by atomic mass is 9.95. The Kier molecular flexibility index (Phi) is 6.85. The minimum absolute atomic E-state index is 0.493. The third kappa shape index (κ3) is 4.89. The van der Waals surface area contributed by atoms with Crippen molar-refractivity contribution in [3.8, 4) is 34.6 Å². The Balaban J connectivity index is 1.42. The molecule has 0 fully saturated rings. The molecule has 2 N–H and O–H groups in total. The van der Waals surface area contributed by atoms with Crippen molar-refractivity contribution < 1.29 is 4.42 Å². The van der Waals surface area contributed by atoms with Crippen molar-refractivity contribution in [2.24, 2.45) is 5.73 Å². The van der Waals surface area contributed by atoms with Crippen LogP contribution in [0.15, 0.2) is 113 Å². The Bertz CT molecular complexity index is 1620. The van der Waals surface area contributed by atoms with E-state index < -0.39 is 0 Å².